The van der Waals surface area contributed by atoms with Crippen molar-refractivity contribution >= 4 is 17.7 Å². The summed E-state index contributed by atoms with van der Waals surface area (Å²) >= 11 is -0.241. The van der Waals surface area contributed by atoms with E-state index in [9.17, 15) is 18.0 Å². The normalized spacial score (nSPS) is 13.3. The van der Waals surface area contributed by atoms with Gasteiger partial charge in [-0.25, -0.2) is 4.79 Å². The molecule has 0 saturated heterocycles. The lowest BCUT2D eigenvalue weighted by Crippen LogP contribution is -2.15. The Morgan fingerprint density at radius 1 is 1.37 bits per heavy atom. The van der Waals surface area contributed by atoms with Crippen LogP contribution in [0, 0.1) is 0 Å². The third-order valence-corrected chi connectivity index (χ3v) is 2.87. The average molecular weight is 294 g/mol. The van der Waals surface area contributed by atoms with E-state index in [0.29, 0.717) is 12.0 Å². The molecule has 0 spiro atoms. The van der Waals surface area contributed by atoms with Gasteiger partial charge in [0.1, 0.15) is 0 Å². The maximum absolute atomic E-state index is 12.1. The van der Waals surface area contributed by atoms with E-state index in [1.54, 1.807) is 0 Å². The minimum Gasteiger partial charge on any atom is -0.479 e. The van der Waals surface area contributed by atoms with Gasteiger partial charge in [-0.05, 0) is 35.9 Å². The first-order valence-corrected chi connectivity index (χ1v) is 6.35. The maximum atomic E-state index is 12.1. The highest BCUT2D eigenvalue weighted by molar-refractivity contribution is 8.00. The molecule has 0 amide bonds. The van der Waals surface area contributed by atoms with E-state index in [1.165, 1.54) is 24.3 Å². The number of halogens is 3. The molecule has 0 aliphatic carbocycles. The number of carboxylic acid groups (broad SMARTS) is 1. The Hall–Kier alpha value is -1.21. The van der Waals surface area contributed by atoms with Crippen molar-refractivity contribution in [3.05, 3.63) is 29.8 Å². The topological polar surface area (TPSA) is 46.5 Å². The van der Waals surface area contributed by atoms with Gasteiger partial charge in [0.05, 0.1) is 0 Å². The maximum Gasteiger partial charge on any atom is 0.446 e. The van der Waals surface area contributed by atoms with Gasteiger partial charge in [-0.2, -0.15) is 13.2 Å². The summed E-state index contributed by atoms with van der Waals surface area (Å²) < 4.78 is 41.6. The fourth-order valence-electron chi connectivity index (χ4n) is 1.39. The summed E-state index contributed by atoms with van der Waals surface area (Å²) in [5, 5.41) is 9.00. The monoisotopic (exact) mass is 294 g/mol. The SMILES string of the molecule is CCCOC(C(=O)O)c1ccc(SC(F)(F)F)cc1. The molecule has 0 bridgehead atoms. The van der Waals surface area contributed by atoms with Crippen molar-refractivity contribution in [1.29, 1.82) is 0 Å². The number of aliphatic carboxylic acids is 1. The van der Waals surface area contributed by atoms with Crippen molar-refractivity contribution in [2.45, 2.75) is 29.9 Å². The predicted molar refractivity (Wildman–Crippen MR) is 65.0 cm³/mol. The summed E-state index contributed by atoms with van der Waals surface area (Å²) in [4.78, 5) is 11.0. The largest absolute Gasteiger partial charge is 0.479 e. The number of hydrogen-bond acceptors (Lipinski definition) is 3. The highest BCUT2D eigenvalue weighted by Gasteiger charge is 2.29. The number of hydrogen-bond donors (Lipinski definition) is 1. The number of alkyl halides is 3. The van der Waals surface area contributed by atoms with Gasteiger partial charge < -0.3 is 9.84 Å². The molecule has 19 heavy (non-hydrogen) atoms. The molecule has 0 aliphatic rings. The number of thioether (sulfide) groups is 1. The summed E-state index contributed by atoms with van der Waals surface area (Å²) in [5.74, 6) is -1.16. The molecular formula is C12H13F3O3S. The molecule has 3 nitrogen and oxygen atoms in total. The zero-order valence-electron chi connectivity index (χ0n) is 10.1. The first-order valence-electron chi connectivity index (χ1n) is 5.53. The van der Waals surface area contributed by atoms with Crippen LogP contribution < -0.4 is 0 Å². The van der Waals surface area contributed by atoms with E-state index >= 15 is 0 Å². The fraction of sp³-hybridized carbons (Fsp3) is 0.417. The van der Waals surface area contributed by atoms with Crippen molar-refractivity contribution in [2.75, 3.05) is 6.61 Å². The number of ether oxygens (including phenoxy) is 1. The Morgan fingerprint density at radius 2 is 1.95 bits per heavy atom. The van der Waals surface area contributed by atoms with E-state index in [4.69, 9.17) is 9.84 Å². The molecule has 0 heterocycles. The van der Waals surface area contributed by atoms with Gasteiger partial charge in [0.2, 0.25) is 0 Å². The van der Waals surface area contributed by atoms with E-state index in [1.807, 2.05) is 6.92 Å². The van der Waals surface area contributed by atoms with E-state index in [0.717, 1.165) is 0 Å². The number of carbonyl (C=O) groups is 1. The minimum atomic E-state index is -4.35. The van der Waals surface area contributed by atoms with Crippen LogP contribution in [0.4, 0.5) is 13.2 Å². The lowest BCUT2D eigenvalue weighted by atomic mass is 10.1. The van der Waals surface area contributed by atoms with Crippen molar-refractivity contribution in [3.63, 3.8) is 0 Å². The summed E-state index contributed by atoms with van der Waals surface area (Å²) in [7, 11) is 0. The fourth-order valence-corrected chi connectivity index (χ4v) is 1.93. The van der Waals surface area contributed by atoms with Crippen molar-refractivity contribution in [2.24, 2.45) is 0 Å². The molecule has 1 aromatic carbocycles. The molecule has 1 unspecified atom stereocenters. The van der Waals surface area contributed by atoms with E-state index in [-0.39, 0.29) is 23.3 Å². The standard InChI is InChI=1S/C12H13F3O3S/c1-2-7-18-10(11(16)17)8-3-5-9(6-4-8)19-12(13,14)15/h3-6,10H,2,7H2,1H3,(H,16,17). The zero-order valence-corrected chi connectivity index (χ0v) is 10.9. The minimum absolute atomic E-state index is 0.0101. The number of carboxylic acids is 1. The van der Waals surface area contributed by atoms with Gasteiger partial charge in [0.25, 0.3) is 0 Å². The van der Waals surface area contributed by atoms with Crippen LogP contribution >= 0.6 is 11.8 Å². The van der Waals surface area contributed by atoms with Gasteiger partial charge in [-0.15, -0.1) is 0 Å². The van der Waals surface area contributed by atoms with Gasteiger partial charge in [-0.3, -0.25) is 0 Å². The van der Waals surface area contributed by atoms with Crippen LogP contribution in [0.2, 0.25) is 0 Å². The van der Waals surface area contributed by atoms with Crippen molar-refractivity contribution < 1.29 is 27.8 Å². The molecule has 1 atom stereocenters. The summed E-state index contributed by atoms with van der Waals surface area (Å²) in [5.41, 5.74) is -4.03. The van der Waals surface area contributed by atoms with Gasteiger partial charge in [0.15, 0.2) is 6.10 Å². The molecule has 1 N–H and O–H groups in total. The molecule has 0 radical (unpaired) electrons. The lowest BCUT2D eigenvalue weighted by molar-refractivity contribution is -0.150. The van der Waals surface area contributed by atoms with Crippen molar-refractivity contribution in [3.8, 4) is 0 Å². The molecule has 0 aromatic heterocycles. The summed E-state index contributed by atoms with van der Waals surface area (Å²) in [6.07, 6.45) is -0.490. The second-order valence-electron chi connectivity index (χ2n) is 3.71. The molecular weight excluding hydrogens is 281 g/mol. The van der Waals surface area contributed by atoms with Crippen LogP contribution in [-0.4, -0.2) is 23.2 Å². The first-order chi connectivity index (χ1) is 8.83. The molecule has 1 aromatic rings. The Bertz CT molecular complexity index is 417. The molecule has 1 rings (SSSR count). The van der Waals surface area contributed by atoms with E-state index in [2.05, 4.69) is 0 Å². The highest BCUT2D eigenvalue weighted by Crippen LogP contribution is 2.37. The van der Waals surface area contributed by atoms with Crippen LogP contribution in [0.3, 0.4) is 0 Å². The molecule has 0 saturated carbocycles. The quantitative estimate of drug-likeness (QED) is 0.809. The Kier molecular flexibility index (Phi) is 5.68. The predicted octanol–water partition coefficient (Wildman–Crippen LogP) is 3.85. The Balaban J connectivity index is 2.80. The third-order valence-electron chi connectivity index (χ3n) is 2.13. The van der Waals surface area contributed by atoms with Crippen LogP contribution in [0.1, 0.15) is 25.0 Å². The second-order valence-corrected chi connectivity index (χ2v) is 4.84. The summed E-state index contributed by atoms with van der Waals surface area (Å²) in [6.45, 7) is 2.11. The van der Waals surface area contributed by atoms with Crippen LogP contribution in [0.25, 0.3) is 0 Å². The average Bonchev–Trinajstić information content (AvgIpc) is 2.29. The second kappa shape index (κ2) is 6.81. The molecule has 0 aliphatic heterocycles. The van der Waals surface area contributed by atoms with Gasteiger partial charge in [0, 0.05) is 11.5 Å². The zero-order chi connectivity index (χ0) is 14.5. The van der Waals surface area contributed by atoms with E-state index < -0.39 is 17.6 Å². The Morgan fingerprint density at radius 3 is 2.37 bits per heavy atom. The molecule has 106 valence electrons. The molecule has 0 fully saturated rings. The summed E-state index contributed by atoms with van der Waals surface area (Å²) in [6, 6.07) is 5.14. The van der Waals surface area contributed by atoms with Crippen LogP contribution in [0.15, 0.2) is 29.2 Å². The molecule has 7 heteroatoms. The highest BCUT2D eigenvalue weighted by atomic mass is 32.2. The van der Waals surface area contributed by atoms with Crippen LogP contribution in [-0.2, 0) is 9.53 Å². The number of rotatable bonds is 6. The smallest absolute Gasteiger partial charge is 0.446 e. The van der Waals surface area contributed by atoms with Crippen molar-refractivity contribution in [1.82, 2.24) is 0 Å². The third kappa shape index (κ3) is 5.52. The lowest BCUT2D eigenvalue weighted by Gasteiger charge is -2.14. The Labute approximate surface area is 112 Å². The van der Waals surface area contributed by atoms with Crippen LogP contribution in [0.5, 0.6) is 0 Å². The van der Waals surface area contributed by atoms with Gasteiger partial charge >= 0.3 is 11.5 Å². The first kappa shape index (κ1) is 15.8. The van der Waals surface area contributed by atoms with Gasteiger partial charge in [-0.1, -0.05) is 19.1 Å². The number of benzene rings is 1.